The first-order valence-electron chi connectivity index (χ1n) is 6.74. The van der Waals surface area contributed by atoms with Gasteiger partial charge in [-0.25, -0.2) is 9.18 Å². The first kappa shape index (κ1) is 14.8. The van der Waals surface area contributed by atoms with Crippen LogP contribution in [-0.4, -0.2) is 24.1 Å². The average Bonchev–Trinajstić information content (AvgIpc) is 2.83. The smallest absolute Gasteiger partial charge is 0.335 e. The molecule has 0 fully saturated rings. The molecule has 0 bridgehead atoms. The lowest BCUT2D eigenvalue weighted by Crippen LogP contribution is -2.03. The summed E-state index contributed by atoms with van der Waals surface area (Å²) in [6, 6.07) is 8.69. The highest BCUT2D eigenvalue weighted by atomic mass is 19.1. The summed E-state index contributed by atoms with van der Waals surface area (Å²) in [6.45, 7) is 0. The molecule has 0 saturated carbocycles. The molecule has 3 rings (SSSR count). The standard InChI is InChI=1S/C17H12FNO4/c1-23-15-5-2-9(7-13(15)18)6-12-11-8-10(17(21)22)3-4-14(11)19-16(12)20/h2-8H,1H3,(H,19,20)(H,21,22)/b12-6+. The second-order valence-electron chi connectivity index (χ2n) is 4.97. The molecule has 5 nitrogen and oxygen atoms in total. The number of methoxy groups -OCH3 is 1. The van der Waals surface area contributed by atoms with Crippen LogP contribution in [0, 0.1) is 5.82 Å². The number of fused-ring (bicyclic) bond motifs is 1. The third-order valence-corrected chi connectivity index (χ3v) is 3.54. The van der Waals surface area contributed by atoms with Crippen LogP contribution in [0.5, 0.6) is 5.75 Å². The molecule has 0 atom stereocenters. The maximum Gasteiger partial charge on any atom is 0.335 e. The molecular formula is C17H12FNO4. The Hall–Kier alpha value is -3.15. The zero-order chi connectivity index (χ0) is 16.6. The van der Waals surface area contributed by atoms with Crippen LogP contribution < -0.4 is 10.1 Å². The van der Waals surface area contributed by atoms with Gasteiger partial charge in [-0.1, -0.05) is 6.07 Å². The van der Waals surface area contributed by atoms with Crippen molar-refractivity contribution in [3.8, 4) is 5.75 Å². The number of carboxylic acid groups (broad SMARTS) is 1. The molecule has 0 aliphatic carbocycles. The SMILES string of the molecule is COc1ccc(/C=C2/C(=O)Nc3ccc(C(=O)O)cc32)cc1F. The molecule has 2 aromatic carbocycles. The van der Waals surface area contributed by atoms with Gasteiger partial charge in [0.1, 0.15) is 0 Å². The van der Waals surface area contributed by atoms with E-state index in [4.69, 9.17) is 9.84 Å². The zero-order valence-electron chi connectivity index (χ0n) is 12.1. The van der Waals surface area contributed by atoms with Crippen molar-refractivity contribution in [2.24, 2.45) is 0 Å². The summed E-state index contributed by atoms with van der Waals surface area (Å²) >= 11 is 0. The van der Waals surface area contributed by atoms with Crippen LogP contribution in [0.25, 0.3) is 11.6 Å². The van der Waals surface area contributed by atoms with Gasteiger partial charge in [0.25, 0.3) is 5.91 Å². The Morgan fingerprint density at radius 1 is 1.26 bits per heavy atom. The fourth-order valence-electron chi connectivity index (χ4n) is 2.40. The van der Waals surface area contributed by atoms with Gasteiger partial charge in [-0.15, -0.1) is 0 Å². The number of benzene rings is 2. The van der Waals surface area contributed by atoms with Crippen molar-refractivity contribution < 1.29 is 23.8 Å². The summed E-state index contributed by atoms with van der Waals surface area (Å²) in [7, 11) is 1.37. The minimum Gasteiger partial charge on any atom is -0.494 e. The number of anilines is 1. The number of carbonyl (C=O) groups excluding carboxylic acids is 1. The molecule has 0 unspecified atom stereocenters. The van der Waals surface area contributed by atoms with Crippen LogP contribution in [0.3, 0.4) is 0 Å². The van der Waals surface area contributed by atoms with Crippen molar-refractivity contribution in [1.29, 1.82) is 0 Å². The van der Waals surface area contributed by atoms with Crippen LogP contribution in [0.1, 0.15) is 21.5 Å². The maximum absolute atomic E-state index is 13.8. The Morgan fingerprint density at radius 3 is 2.70 bits per heavy atom. The predicted octanol–water partition coefficient (Wildman–Crippen LogP) is 3.03. The van der Waals surface area contributed by atoms with Gasteiger partial charge >= 0.3 is 5.97 Å². The van der Waals surface area contributed by atoms with Gasteiger partial charge in [-0.3, -0.25) is 4.79 Å². The number of halogens is 1. The van der Waals surface area contributed by atoms with E-state index in [1.165, 1.54) is 43.5 Å². The predicted molar refractivity (Wildman–Crippen MR) is 82.9 cm³/mol. The van der Waals surface area contributed by atoms with Gasteiger partial charge in [0, 0.05) is 16.8 Å². The molecule has 0 radical (unpaired) electrons. The maximum atomic E-state index is 13.8. The van der Waals surface area contributed by atoms with Gasteiger partial charge in [-0.05, 0) is 42.0 Å². The molecule has 116 valence electrons. The summed E-state index contributed by atoms with van der Waals surface area (Å²) in [5, 5.41) is 11.7. The number of nitrogens with one attached hydrogen (secondary N) is 1. The number of hydrogen-bond donors (Lipinski definition) is 2. The molecule has 1 aliphatic heterocycles. The van der Waals surface area contributed by atoms with E-state index >= 15 is 0 Å². The van der Waals surface area contributed by atoms with E-state index < -0.39 is 11.8 Å². The van der Waals surface area contributed by atoms with Crippen molar-refractivity contribution in [3.63, 3.8) is 0 Å². The molecule has 1 aliphatic rings. The summed E-state index contributed by atoms with van der Waals surface area (Å²) in [6.07, 6.45) is 1.51. The summed E-state index contributed by atoms with van der Waals surface area (Å²) in [5.41, 5.74) is 1.84. The van der Waals surface area contributed by atoms with Gasteiger partial charge in [-0.2, -0.15) is 0 Å². The zero-order valence-corrected chi connectivity index (χ0v) is 12.1. The van der Waals surface area contributed by atoms with Gasteiger partial charge < -0.3 is 15.2 Å². The topological polar surface area (TPSA) is 75.6 Å². The third kappa shape index (κ3) is 2.66. The van der Waals surface area contributed by atoms with E-state index in [1.54, 1.807) is 6.07 Å². The van der Waals surface area contributed by atoms with Crippen molar-refractivity contribution >= 4 is 29.2 Å². The number of carboxylic acids is 1. The van der Waals surface area contributed by atoms with Crippen LogP contribution in [0.2, 0.25) is 0 Å². The van der Waals surface area contributed by atoms with Crippen LogP contribution in [0.15, 0.2) is 36.4 Å². The largest absolute Gasteiger partial charge is 0.494 e. The number of carbonyl (C=O) groups is 2. The Balaban J connectivity index is 2.07. The summed E-state index contributed by atoms with van der Waals surface area (Å²) in [5.74, 6) is -1.88. The molecule has 2 aromatic rings. The molecule has 1 heterocycles. The van der Waals surface area contributed by atoms with E-state index in [0.717, 1.165) is 0 Å². The van der Waals surface area contributed by atoms with E-state index in [-0.39, 0.29) is 22.8 Å². The Labute approximate surface area is 131 Å². The van der Waals surface area contributed by atoms with E-state index in [0.29, 0.717) is 16.8 Å². The van der Waals surface area contributed by atoms with Crippen molar-refractivity contribution in [1.82, 2.24) is 0 Å². The monoisotopic (exact) mass is 313 g/mol. The number of hydrogen-bond acceptors (Lipinski definition) is 3. The van der Waals surface area contributed by atoms with E-state index in [1.807, 2.05) is 0 Å². The normalized spacial score (nSPS) is 14.5. The highest BCUT2D eigenvalue weighted by molar-refractivity contribution is 6.35. The molecular weight excluding hydrogens is 301 g/mol. The lowest BCUT2D eigenvalue weighted by atomic mass is 10.0. The Morgan fingerprint density at radius 2 is 2.04 bits per heavy atom. The molecule has 23 heavy (non-hydrogen) atoms. The van der Waals surface area contributed by atoms with Crippen molar-refractivity contribution in [3.05, 3.63) is 58.9 Å². The molecule has 0 saturated heterocycles. The minimum absolute atomic E-state index is 0.0760. The van der Waals surface area contributed by atoms with E-state index in [9.17, 15) is 14.0 Å². The van der Waals surface area contributed by atoms with Gasteiger partial charge in [0.05, 0.1) is 12.7 Å². The number of rotatable bonds is 3. The molecule has 0 spiro atoms. The Bertz CT molecular complexity index is 858. The number of amides is 1. The first-order chi connectivity index (χ1) is 11.0. The average molecular weight is 313 g/mol. The molecule has 6 heteroatoms. The lowest BCUT2D eigenvalue weighted by Gasteiger charge is -2.03. The molecule has 2 N–H and O–H groups in total. The summed E-state index contributed by atoms with van der Waals surface area (Å²) < 4.78 is 18.6. The second-order valence-corrected chi connectivity index (χ2v) is 4.97. The van der Waals surface area contributed by atoms with Crippen LogP contribution in [0.4, 0.5) is 10.1 Å². The quantitative estimate of drug-likeness (QED) is 0.854. The summed E-state index contributed by atoms with van der Waals surface area (Å²) in [4.78, 5) is 23.2. The van der Waals surface area contributed by atoms with Crippen LogP contribution >= 0.6 is 0 Å². The third-order valence-electron chi connectivity index (χ3n) is 3.54. The van der Waals surface area contributed by atoms with Crippen LogP contribution in [-0.2, 0) is 4.79 Å². The van der Waals surface area contributed by atoms with Crippen molar-refractivity contribution in [2.45, 2.75) is 0 Å². The molecule has 0 aromatic heterocycles. The van der Waals surface area contributed by atoms with Gasteiger partial charge in [0.2, 0.25) is 0 Å². The Kier molecular flexibility index (Phi) is 3.57. The van der Waals surface area contributed by atoms with Gasteiger partial charge in [0.15, 0.2) is 11.6 Å². The van der Waals surface area contributed by atoms with Crippen molar-refractivity contribution in [2.75, 3.05) is 12.4 Å². The number of ether oxygens (including phenoxy) is 1. The fourth-order valence-corrected chi connectivity index (χ4v) is 2.40. The minimum atomic E-state index is -1.08. The molecule has 1 amide bonds. The number of aromatic carboxylic acids is 1. The highest BCUT2D eigenvalue weighted by Gasteiger charge is 2.25. The van der Waals surface area contributed by atoms with E-state index in [2.05, 4.69) is 5.32 Å². The first-order valence-corrected chi connectivity index (χ1v) is 6.74. The lowest BCUT2D eigenvalue weighted by molar-refractivity contribution is -0.110. The fraction of sp³-hybridized carbons (Fsp3) is 0.0588. The highest BCUT2D eigenvalue weighted by Crippen LogP contribution is 2.34. The second kappa shape index (κ2) is 5.57.